The summed E-state index contributed by atoms with van der Waals surface area (Å²) in [5.41, 5.74) is 4.45. The molecule has 1 amide bonds. The number of carbonyl (C=O) groups is 1. The zero-order valence-corrected chi connectivity index (χ0v) is 16.2. The zero-order chi connectivity index (χ0) is 19.0. The number of aryl methyl sites for hydroxylation is 1. The van der Waals surface area contributed by atoms with Crippen molar-refractivity contribution in [2.45, 2.75) is 32.9 Å². The van der Waals surface area contributed by atoms with Crippen LogP contribution >= 0.6 is 11.6 Å². The van der Waals surface area contributed by atoms with E-state index in [9.17, 15) is 4.79 Å². The van der Waals surface area contributed by atoms with Crippen LogP contribution in [0.1, 0.15) is 34.1 Å². The van der Waals surface area contributed by atoms with E-state index in [-0.39, 0.29) is 22.7 Å². The van der Waals surface area contributed by atoms with Crippen molar-refractivity contribution in [2.75, 3.05) is 13.1 Å². The lowest BCUT2D eigenvalue weighted by molar-refractivity contribution is 0.0922. The van der Waals surface area contributed by atoms with E-state index >= 15 is 0 Å². The normalized spacial score (nSPS) is 15.5. The van der Waals surface area contributed by atoms with E-state index in [1.54, 1.807) is 16.9 Å². The Labute approximate surface area is 163 Å². The molecule has 1 aliphatic rings. The van der Waals surface area contributed by atoms with Crippen LogP contribution in [0, 0.1) is 6.92 Å². The molecule has 27 heavy (non-hydrogen) atoms. The van der Waals surface area contributed by atoms with Crippen molar-refractivity contribution in [1.82, 2.24) is 24.8 Å². The zero-order valence-electron chi connectivity index (χ0n) is 15.4. The number of rotatable bonds is 4. The summed E-state index contributed by atoms with van der Waals surface area (Å²) in [5.74, 6) is -0.270. The Morgan fingerprint density at radius 3 is 2.93 bits per heavy atom. The average Bonchev–Trinajstić information content (AvgIpc) is 2.97. The first-order valence-corrected chi connectivity index (χ1v) is 9.49. The molecular formula is C20H22ClN5O. The van der Waals surface area contributed by atoms with Gasteiger partial charge in [-0.15, -0.1) is 0 Å². The van der Waals surface area contributed by atoms with Gasteiger partial charge in [-0.2, -0.15) is 5.10 Å². The molecule has 3 aromatic rings. The van der Waals surface area contributed by atoms with Gasteiger partial charge in [0.05, 0.1) is 0 Å². The second-order valence-corrected chi connectivity index (χ2v) is 7.57. The van der Waals surface area contributed by atoms with E-state index < -0.39 is 0 Å². The van der Waals surface area contributed by atoms with Crippen molar-refractivity contribution < 1.29 is 4.79 Å². The van der Waals surface area contributed by atoms with Crippen LogP contribution in [0.4, 0.5) is 0 Å². The van der Waals surface area contributed by atoms with Gasteiger partial charge in [-0.05, 0) is 37.0 Å². The summed E-state index contributed by atoms with van der Waals surface area (Å²) in [7, 11) is 0. The Balaban J connectivity index is 1.42. The first-order valence-electron chi connectivity index (χ1n) is 9.12. The molecule has 0 saturated heterocycles. The van der Waals surface area contributed by atoms with E-state index in [2.05, 4.69) is 44.6 Å². The van der Waals surface area contributed by atoms with Crippen LogP contribution in [0.3, 0.4) is 0 Å². The SMILES string of the molecule is Cc1cnc2c(Cl)c(C(=O)NC(C)CN3CCc4ccccc4C3)nn2c1. The number of carbonyl (C=O) groups excluding carboxylic acids is 1. The van der Waals surface area contributed by atoms with Crippen molar-refractivity contribution in [1.29, 1.82) is 0 Å². The molecule has 0 saturated carbocycles. The third kappa shape index (κ3) is 3.68. The predicted octanol–water partition coefficient (Wildman–Crippen LogP) is 2.87. The maximum absolute atomic E-state index is 12.7. The summed E-state index contributed by atoms with van der Waals surface area (Å²) >= 11 is 6.32. The first-order chi connectivity index (χ1) is 13.0. The number of hydrogen-bond donors (Lipinski definition) is 1. The molecule has 1 unspecified atom stereocenters. The predicted molar refractivity (Wildman–Crippen MR) is 105 cm³/mol. The van der Waals surface area contributed by atoms with Crippen molar-refractivity contribution in [3.8, 4) is 0 Å². The molecule has 3 heterocycles. The van der Waals surface area contributed by atoms with Gasteiger partial charge in [-0.25, -0.2) is 9.50 Å². The van der Waals surface area contributed by atoms with Crippen molar-refractivity contribution in [3.63, 3.8) is 0 Å². The van der Waals surface area contributed by atoms with Gasteiger partial charge in [0.1, 0.15) is 5.02 Å². The topological polar surface area (TPSA) is 62.5 Å². The highest BCUT2D eigenvalue weighted by Crippen LogP contribution is 2.21. The molecule has 7 heteroatoms. The molecular weight excluding hydrogens is 362 g/mol. The Bertz CT molecular complexity index is 999. The van der Waals surface area contributed by atoms with Gasteiger partial charge in [0.2, 0.25) is 0 Å². The maximum Gasteiger partial charge on any atom is 0.273 e. The number of aromatic nitrogens is 3. The minimum atomic E-state index is -0.270. The quantitative estimate of drug-likeness (QED) is 0.752. The lowest BCUT2D eigenvalue weighted by Gasteiger charge is -2.31. The Hall–Kier alpha value is -2.44. The third-order valence-electron chi connectivity index (χ3n) is 4.88. The van der Waals surface area contributed by atoms with Crippen LogP contribution in [-0.4, -0.2) is 44.5 Å². The summed E-state index contributed by atoms with van der Waals surface area (Å²) in [4.78, 5) is 19.3. The minimum Gasteiger partial charge on any atom is -0.347 e. The number of halogens is 1. The van der Waals surface area contributed by atoms with Crippen molar-refractivity contribution >= 4 is 23.2 Å². The van der Waals surface area contributed by atoms with E-state index in [4.69, 9.17) is 11.6 Å². The molecule has 4 rings (SSSR count). The fourth-order valence-corrected chi connectivity index (χ4v) is 3.84. The van der Waals surface area contributed by atoms with Crippen LogP contribution < -0.4 is 5.32 Å². The van der Waals surface area contributed by atoms with Crippen molar-refractivity contribution in [2.24, 2.45) is 0 Å². The van der Waals surface area contributed by atoms with Crippen LogP contribution in [-0.2, 0) is 13.0 Å². The third-order valence-corrected chi connectivity index (χ3v) is 5.23. The van der Waals surface area contributed by atoms with E-state index in [1.165, 1.54) is 11.1 Å². The standard InChI is InChI=1S/C20H22ClN5O/c1-13-9-22-19-17(21)18(24-26(19)10-13)20(27)23-14(2)11-25-8-7-15-5-3-4-6-16(15)12-25/h3-6,9-10,14H,7-8,11-12H2,1-2H3,(H,23,27). The summed E-state index contributed by atoms with van der Waals surface area (Å²) in [6.45, 7) is 6.61. The highest BCUT2D eigenvalue weighted by atomic mass is 35.5. The van der Waals surface area contributed by atoms with Crippen molar-refractivity contribution in [3.05, 3.63) is 64.1 Å². The number of hydrogen-bond acceptors (Lipinski definition) is 4. The van der Waals surface area contributed by atoms with Crippen LogP contribution in [0.5, 0.6) is 0 Å². The molecule has 6 nitrogen and oxygen atoms in total. The Morgan fingerprint density at radius 1 is 1.33 bits per heavy atom. The van der Waals surface area contributed by atoms with E-state index in [0.29, 0.717) is 5.65 Å². The number of benzene rings is 1. The highest BCUT2D eigenvalue weighted by Gasteiger charge is 2.22. The van der Waals surface area contributed by atoms with Gasteiger partial charge in [0.15, 0.2) is 11.3 Å². The molecule has 0 fully saturated rings. The lowest BCUT2D eigenvalue weighted by Crippen LogP contribution is -2.43. The van der Waals surface area contributed by atoms with E-state index in [0.717, 1.165) is 31.6 Å². The van der Waals surface area contributed by atoms with Crippen LogP contribution in [0.25, 0.3) is 5.65 Å². The summed E-state index contributed by atoms with van der Waals surface area (Å²) in [5, 5.41) is 7.60. The molecule has 140 valence electrons. The van der Waals surface area contributed by atoms with Crippen LogP contribution in [0.15, 0.2) is 36.7 Å². The largest absolute Gasteiger partial charge is 0.347 e. The smallest absolute Gasteiger partial charge is 0.273 e. The molecule has 1 N–H and O–H groups in total. The number of nitrogens with zero attached hydrogens (tertiary/aromatic N) is 4. The summed E-state index contributed by atoms with van der Waals surface area (Å²) < 4.78 is 1.55. The summed E-state index contributed by atoms with van der Waals surface area (Å²) in [6.07, 6.45) is 4.56. The summed E-state index contributed by atoms with van der Waals surface area (Å²) in [6, 6.07) is 8.52. The number of nitrogens with one attached hydrogen (secondary N) is 1. The molecule has 1 atom stereocenters. The fourth-order valence-electron chi connectivity index (χ4n) is 3.58. The van der Waals surface area contributed by atoms with Gasteiger partial charge in [0, 0.05) is 38.1 Å². The Kier molecular flexibility index (Phi) is 4.85. The van der Waals surface area contributed by atoms with Gasteiger partial charge in [0.25, 0.3) is 5.91 Å². The number of fused-ring (bicyclic) bond motifs is 2. The first kappa shape index (κ1) is 17.9. The molecule has 1 aromatic carbocycles. The van der Waals surface area contributed by atoms with Gasteiger partial charge >= 0.3 is 0 Å². The molecule has 0 aliphatic carbocycles. The lowest BCUT2D eigenvalue weighted by atomic mass is 10.00. The second-order valence-electron chi connectivity index (χ2n) is 7.19. The Morgan fingerprint density at radius 2 is 2.11 bits per heavy atom. The molecule has 0 radical (unpaired) electrons. The highest BCUT2D eigenvalue weighted by molar-refractivity contribution is 6.36. The second kappa shape index (κ2) is 7.29. The molecule has 0 spiro atoms. The van der Waals surface area contributed by atoms with Crippen LogP contribution in [0.2, 0.25) is 5.02 Å². The van der Waals surface area contributed by atoms with Gasteiger partial charge < -0.3 is 5.32 Å². The van der Waals surface area contributed by atoms with Gasteiger partial charge in [-0.1, -0.05) is 35.9 Å². The minimum absolute atomic E-state index is 0.0154. The monoisotopic (exact) mass is 383 g/mol. The maximum atomic E-state index is 12.7. The molecule has 0 bridgehead atoms. The molecule has 2 aromatic heterocycles. The fraction of sp³-hybridized carbons (Fsp3) is 0.350. The number of amides is 1. The average molecular weight is 384 g/mol. The van der Waals surface area contributed by atoms with Gasteiger partial charge in [-0.3, -0.25) is 9.69 Å². The van der Waals surface area contributed by atoms with E-state index in [1.807, 2.05) is 13.8 Å². The molecule has 1 aliphatic heterocycles.